The van der Waals surface area contributed by atoms with Gasteiger partial charge < -0.3 is 4.18 Å². The van der Waals surface area contributed by atoms with E-state index in [0.717, 1.165) is 6.07 Å². The van der Waals surface area contributed by atoms with Gasteiger partial charge in [-0.05, 0) is 13.0 Å². The van der Waals surface area contributed by atoms with Crippen LogP contribution in [0.25, 0.3) is 0 Å². The molecule has 0 amide bonds. The van der Waals surface area contributed by atoms with Crippen molar-refractivity contribution in [3.63, 3.8) is 0 Å². The van der Waals surface area contributed by atoms with Crippen LogP contribution >= 0.6 is 0 Å². The highest BCUT2D eigenvalue weighted by molar-refractivity contribution is 7.87. The number of aryl methyl sites for hydroxylation is 1. The lowest BCUT2D eigenvalue weighted by molar-refractivity contribution is -0.0501. The Hall–Kier alpha value is -1.38. The number of rotatable bonds is 2. The van der Waals surface area contributed by atoms with Crippen molar-refractivity contribution in [2.75, 3.05) is 0 Å². The summed E-state index contributed by atoms with van der Waals surface area (Å²) < 4.78 is 60.2. The monoisotopic (exact) mass is 242 g/mol. The summed E-state index contributed by atoms with van der Waals surface area (Å²) in [4.78, 5) is 0. The molecular weight excluding hydrogens is 237 g/mol. The number of halogens is 3. The van der Waals surface area contributed by atoms with Gasteiger partial charge in [0, 0.05) is 6.07 Å². The molecule has 0 radical (unpaired) electrons. The van der Waals surface area contributed by atoms with Gasteiger partial charge in [-0.2, -0.15) is 26.7 Å². The average Bonchev–Trinajstić information content (AvgIpc) is 2.06. The van der Waals surface area contributed by atoms with Gasteiger partial charge in [-0.3, -0.25) is 0 Å². The van der Waals surface area contributed by atoms with Crippen molar-refractivity contribution >= 4 is 10.1 Å². The lowest BCUT2D eigenvalue weighted by atomic mass is 10.4. The Morgan fingerprint density at radius 1 is 1.27 bits per heavy atom. The minimum Gasteiger partial charge on any atom is -0.354 e. The highest BCUT2D eigenvalue weighted by atomic mass is 32.2. The van der Waals surface area contributed by atoms with Crippen LogP contribution in [0.15, 0.2) is 12.1 Å². The van der Waals surface area contributed by atoms with Gasteiger partial charge in [0.2, 0.25) is 0 Å². The van der Waals surface area contributed by atoms with Crippen LogP contribution in [0.3, 0.4) is 0 Å². The quantitative estimate of drug-likeness (QED) is 0.572. The van der Waals surface area contributed by atoms with E-state index in [1.807, 2.05) is 0 Å². The van der Waals surface area contributed by atoms with Crippen LogP contribution in [0.5, 0.6) is 5.88 Å². The Bertz CT molecular complexity index is 440. The first-order valence-corrected chi connectivity index (χ1v) is 4.94. The first-order valence-electron chi connectivity index (χ1n) is 3.53. The molecule has 0 fully saturated rings. The minimum atomic E-state index is -5.67. The first kappa shape index (κ1) is 11.7. The van der Waals surface area contributed by atoms with E-state index in [-0.39, 0.29) is 0 Å². The molecule has 5 nitrogen and oxygen atoms in total. The molecule has 9 heteroatoms. The fraction of sp³-hybridized carbons (Fsp3) is 0.333. The van der Waals surface area contributed by atoms with Crippen molar-refractivity contribution < 1.29 is 25.8 Å². The van der Waals surface area contributed by atoms with Crippen molar-refractivity contribution in [3.05, 3.63) is 17.8 Å². The van der Waals surface area contributed by atoms with E-state index in [1.54, 1.807) is 0 Å². The third kappa shape index (κ3) is 2.78. The first-order chi connectivity index (χ1) is 6.72. The van der Waals surface area contributed by atoms with Gasteiger partial charge in [0.15, 0.2) is 0 Å². The van der Waals surface area contributed by atoms with Crippen molar-refractivity contribution in [3.8, 4) is 5.88 Å². The molecule has 1 aromatic rings. The SMILES string of the molecule is Cc1ccc(OS(=O)(=O)C(F)(F)F)nn1. The van der Waals surface area contributed by atoms with E-state index >= 15 is 0 Å². The second-order valence-electron chi connectivity index (χ2n) is 2.50. The molecule has 0 atom stereocenters. The molecule has 15 heavy (non-hydrogen) atoms. The summed E-state index contributed by atoms with van der Waals surface area (Å²) >= 11 is 0. The molecule has 1 rings (SSSR count). The predicted molar refractivity (Wildman–Crippen MR) is 42.4 cm³/mol. The number of hydrogen-bond donors (Lipinski definition) is 0. The van der Waals surface area contributed by atoms with Crippen molar-refractivity contribution in [2.45, 2.75) is 12.4 Å². The molecule has 0 aromatic carbocycles. The van der Waals surface area contributed by atoms with Crippen LogP contribution in [-0.2, 0) is 10.1 Å². The largest absolute Gasteiger partial charge is 0.534 e. The number of aromatic nitrogens is 2. The Labute approximate surface area is 83.0 Å². The summed E-state index contributed by atoms with van der Waals surface area (Å²) in [6.45, 7) is 1.54. The lowest BCUT2D eigenvalue weighted by Gasteiger charge is -2.07. The molecule has 0 N–H and O–H groups in total. The van der Waals surface area contributed by atoms with Gasteiger partial charge in [-0.15, -0.1) is 5.10 Å². The molecule has 0 aliphatic carbocycles. The summed E-state index contributed by atoms with van der Waals surface area (Å²) in [5, 5.41) is 6.46. The number of alkyl halides is 3. The smallest absolute Gasteiger partial charge is 0.354 e. The van der Waals surface area contributed by atoms with Crippen LogP contribution in [0.2, 0.25) is 0 Å². The molecule has 0 saturated carbocycles. The van der Waals surface area contributed by atoms with E-state index < -0.39 is 21.5 Å². The zero-order valence-corrected chi connectivity index (χ0v) is 8.13. The lowest BCUT2D eigenvalue weighted by Crippen LogP contribution is -2.28. The molecule has 84 valence electrons. The maximum Gasteiger partial charge on any atom is 0.534 e. The Morgan fingerprint density at radius 3 is 2.27 bits per heavy atom. The van der Waals surface area contributed by atoms with Crippen molar-refractivity contribution in [1.29, 1.82) is 0 Å². The number of hydrogen-bond acceptors (Lipinski definition) is 5. The number of nitrogens with zero attached hydrogens (tertiary/aromatic N) is 2. The summed E-state index contributed by atoms with van der Waals surface area (Å²) in [6, 6.07) is 2.25. The zero-order chi connectivity index (χ0) is 11.7. The van der Waals surface area contributed by atoms with Crippen LogP contribution in [0, 0.1) is 6.92 Å². The molecule has 1 aromatic heterocycles. The maximum atomic E-state index is 11.8. The van der Waals surface area contributed by atoms with Gasteiger partial charge in [0.05, 0.1) is 5.69 Å². The van der Waals surface area contributed by atoms with E-state index in [9.17, 15) is 21.6 Å². The zero-order valence-electron chi connectivity index (χ0n) is 7.32. The summed E-state index contributed by atoms with van der Waals surface area (Å²) in [5.41, 5.74) is -5.05. The predicted octanol–water partition coefficient (Wildman–Crippen LogP) is 1.01. The van der Waals surface area contributed by atoms with Gasteiger partial charge in [-0.25, -0.2) is 0 Å². The van der Waals surface area contributed by atoms with E-state index in [2.05, 4.69) is 14.4 Å². The summed E-state index contributed by atoms with van der Waals surface area (Å²) in [5.74, 6) is -0.724. The van der Waals surface area contributed by atoms with Crippen LogP contribution in [0.1, 0.15) is 5.69 Å². The third-order valence-corrected chi connectivity index (χ3v) is 2.21. The molecule has 0 aliphatic heterocycles. The Balaban J connectivity index is 2.93. The standard InChI is InChI=1S/C6H5F3N2O3S/c1-4-2-3-5(11-10-4)14-15(12,13)6(7,8)9/h2-3H,1H3. The summed E-state index contributed by atoms with van der Waals surface area (Å²) in [7, 11) is -5.67. The summed E-state index contributed by atoms with van der Waals surface area (Å²) in [6.07, 6.45) is 0. The molecule has 1 heterocycles. The fourth-order valence-electron chi connectivity index (χ4n) is 0.591. The third-order valence-electron chi connectivity index (χ3n) is 1.25. The normalized spacial score (nSPS) is 12.5. The molecule has 0 aliphatic rings. The second kappa shape index (κ2) is 3.65. The van der Waals surface area contributed by atoms with Crippen molar-refractivity contribution in [1.82, 2.24) is 10.2 Å². The van der Waals surface area contributed by atoms with Gasteiger partial charge >= 0.3 is 15.6 Å². The molecule has 0 saturated heterocycles. The molecular formula is C6H5F3N2O3S. The van der Waals surface area contributed by atoms with Crippen LogP contribution < -0.4 is 4.18 Å². The topological polar surface area (TPSA) is 69.2 Å². The maximum absolute atomic E-state index is 11.8. The molecule has 0 unspecified atom stereocenters. The fourth-order valence-corrected chi connectivity index (χ4v) is 0.999. The highest BCUT2D eigenvalue weighted by Crippen LogP contribution is 2.25. The second-order valence-corrected chi connectivity index (χ2v) is 4.03. The highest BCUT2D eigenvalue weighted by Gasteiger charge is 2.48. The van der Waals surface area contributed by atoms with E-state index in [4.69, 9.17) is 0 Å². The Kier molecular flexibility index (Phi) is 2.84. The van der Waals surface area contributed by atoms with Crippen LogP contribution in [-0.4, -0.2) is 24.1 Å². The van der Waals surface area contributed by atoms with Crippen molar-refractivity contribution in [2.24, 2.45) is 0 Å². The minimum absolute atomic E-state index is 0.423. The van der Waals surface area contributed by atoms with Gasteiger partial charge in [0.1, 0.15) is 0 Å². The average molecular weight is 242 g/mol. The molecule has 0 bridgehead atoms. The van der Waals surface area contributed by atoms with E-state index in [1.165, 1.54) is 13.0 Å². The Morgan fingerprint density at radius 2 is 1.87 bits per heavy atom. The van der Waals surface area contributed by atoms with Gasteiger partial charge in [0.25, 0.3) is 5.88 Å². The van der Waals surface area contributed by atoms with Crippen LogP contribution in [0.4, 0.5) is 13.2 Å². The molecule has 0 spiro atoms. The van der Waals surface area contributed by atoms with E-state index in [0.29, 0.717) is 5.69 Å². The van der Waals surface area contributed by atoms with Gasteiger partial charge in [-0.1, -0.05) is 0 Å².